The molecular formula is C15H22ClN3. The standard InChI is InChI=1S/C15H21N3.ClH/c16-9-10-18-14-7-5-12(6-8-14)15-4-2-1-3-13(15)11-17;/h1-4,12,14,18H,5-10,16H2;1H/t12-,14-;. The van der Waals surface area contributed by atoms with Gasteiger partial charge in [0.25, 0.3) is 0 Å². The van der Waals surface area contributed by atoms with Gasteiger partial charge in [0.05, 0.1) is 11.6 Å². The fraction of sp³-hybridized carbons (Fsp3) is 0.533. The van der Waals surface area contributed by atoms with Crippen molar-refractivity contribution in [3.8, 4) is 6.07 Å². The Kier molecular flexibility index (Phi) is 6.86. The molecule has 0 atom stereocenters. The van der Waals surface area contributed by atoms with Crippen molar-refractivity contribution in [3.63, 3.8) is 0 Å². The third-order valence-corrected chi connectivity index (χ3v) is 3.83. The summed E-state index contributed by atoms with van der Waals surface area (Å²) < 4.78 is 0. The number of hydrogen-bond donors (Lipinski definition) is 2. The van der Waals surface area contributed by atoms with Crippen molar-refractivity contribution < 1.29 is 0 Å². The summed E-state index contributed by atoms with van der Waals surface area (Å²) in [7, 11) is 0. The Hall–Kier alpha value is -1.08. The van der Waals surface area contributed by atoms with Crippen LogP contribution in [0.3, 0.4) is 0 Å². The van der Waals surface area contributed by atoms with Gasteiger partial charge in [-0.15, -0.1) is 12.4 Å². The van der Waals surface area contributed by atoms with E-state index in [1.807, 2.05) is 18.2 Å². The SMILES string of the molecule is Cl.N#Cc1ccccc1[C@H]1CC[C@H](NCCN)CC1. The molecule has 3 nitrogen and oxygen atoms in total. The molecule has 0 aliphatic heterocycles. The zero-order valence-corrected chi connectivity index (χ0v) is 12.0. The zero-order valence-electron chi connectivity index (χ0n) is 11.1. The minimum atomic E-state index is 0. The van der Waals surface area contributed by atoms with Gasteiger partial charge in [0, 0.05) is 19.1 Å². The Labute approximate surface area is 121 Å². The highest BCUT2D eigenvalue weighted by Gasteiger charge is 2.23. The van der Waals surface area contributed by atoms with E-state index in [1.165, 1.54) is 31.2 Å². The van der Waals surface area contributed by atoms with E-state index in [1.54, 1.807) is 0 Å². The summed E-state index contributed by atoms with van der Waals surface area (Å²) in [6.45, 7) is 1.61. The van der Waals surface area contributed by atoms with Crippen LogP contribution >= 0.6 is 12.4 Å². The molecule has 2 rings (SSSR count). The summed E-state index contributed by atoms with van der Waals surface area (Å²) in [5.74, 6) is 0.553. The van der Waals surface area contributed by atoms with Crippen LogP contribution in [0.25, 0.3) is 0 Å². The van der Waals surface area contributed by atoms with E-state index in [-0.39, 0.29) is 12.4 Å². The molecule has 0 saturated heterocycles. The largest absolute Gasteiger partial charge is 0.329 e. The molecule has 0 aromatic heterocycles. The van der Waals surface area contributed by atoms with E-state index in [2.05, 4.69) is 17.5 Å². The van der Waals surface area contributed by atoms with E-state index >= 15 is 0 Å². The van der Waals surface area contributed by atoms with Crippen LogP contribution in [-0.2, 0) is 0 Å². The number of nitrogens with zero attached hydrogens (tertiary/aromatic N) is 1. The number of halogens is 1. The second-order valence-corrected chi connectivity index (χ2v) is 4.99. The Balaban J connectivity index is 0.00000180. The lowest BCUT2D eigenvalue weighted by Gasteiger charge is -2.29. The van der Waals surface area contributed by atoms with E-state index in [0.717, 1.165) is 12.1 Å². The smallest absolute Gasteiger partial charge is 0.0994 e. The fourth-order valence-corrected chi connectivity index (χ4v) is 2.85. The average molecular weight is 280 g/mol. The van der Waals surface area contributed by atoms with Crippen LogP contribution in [0.4, 0.5) is 0 Å². The van der Waals surface area contributed by atoms with E-state index < -0.39 is 0 Å². The number of nitrogens with one attached hydrogen (secondary N) is 1. The molecule has 1 aliphatic carbocycles. The molecule has 0 bridgehead atoms. The highest BCUT2D eigenvalue weighted by atomic mass is 35.5. The molecule has 1 aliphatic rings. The number of rotatable bonds is 4. The summed E-state index contributed by atoms with van der Waals surface area (Å²) in [4.78, 5) is 0. The first-order valence-electron chi connectivity index (χ1n) is 6.77. The molecule has 0 spiro atoms. The summed E-state index contributed by atoms with van der Waals surface area (Å²) in [5, 5.41) is 12.6. The van der Waals surface area contributed by atoms with Crippen molar-refractivity contribution in [3.05, 3.63) is 35.4 Å². The maximum Gasteiger partial charge on any atom is 0.0994 e. The van der Waals surface area contributed by atoms with Gasteiger partial charge < -0.3 is 11.1 Å². The van der Waals surface area contributed by atoms with Crippen molar-refractivity contribution in [1.82, 2.24) is 5.32 Å². The third-order valence-electron chi connectivity index (χ3n) is 3.83. The van der Waals surface area contributed by atoms with Crippen LogP contribution in [0.1, 0.15) is 42.7 Å². The van der Waals surface area contributed by atoms with Gasteiger partial charge in [0.1, 0.15) is 0 Å². The first-order chi connectivity index (χ1) is 8.85. The Bertz CT molecular complexity index is 420. The molecule has 1 aromatic rings. The van der Waals surface area contributed by atoms with Crippen molar-refractivity contribution >= 4 is 12.4 Å². The first kappa shape index (κ1) is 16.0. The molecule has 0 heterocycles. The number of benzene rings is 1. The predicted octanol–water partition coefficient (Wildman–Crippen LogP) is 2.55. The highest BCUT2D eigenvalue weighted by Crippen LogP contribution is 2.34. The molecule has 1 saturated carbocycles. The molecule has 1 fully saturated rings. The lowest BCUT2D eigenvalue weighted by atomic mass is 9.80. The van der Waals surface area contributed by atoms with Crippen molar-refractivity contribution in [2.45, 2.75) is 37.6 Å². The Morgan fingerprint density at radius 1 is 1.21 bits per heavy atom. The van der Waals surface area contributed by atoms with E-state index in [9.17, 15) is 0 Å². The second-order valence-electron chi connectivity index (χ2n) is 4.99. The van der Waals surface area contributed by atoms with Crippen LogP contribution in [0.2, 0.25) is 0 Å². The number of nitrogens with two attached hydrogens (primary N) is 1. The summed E-state index contributed by atoms with van der Waals surface area (Å²) >= 11 is 0. The lowest BCUT2D eigenvalue weighted by molar-refractivity contribution is 0.345. The van der Waals surface area contributed by atoms with Crippen molar-refractivity contribution in [2.75, 3.05) is 13.1 Å². The first-order valence-corrected chi connectivity index (χ1v) is 6.77. The van der Waals surface area contributed by atoms with Gasteiger partial charge in [-0.05, 0) is 43.2 Å². The van der Waals surface area contributed by atoms with Crippen LogP contribution in [0.15, 0.2) is 24.3 Å². The van der Waals surface area contributed by atoms with Crippen LogP contribution in [0.5, 0.6) is 0 Å². The minimum Gasteiger partial charge on any atom is -0.329 e. The van der Waals surface area contributed by atoms with Crippen LogP contribution < -0.4 is 11.1 Å². The molecule has 4 heteroatoms. The van der Waals surface area contributed by atoms with E-state index in [4.69, 9.17) is 11.0 Å². The average Bonchev–Trinajstić information content (AvgIpc) is 2.45. The zero-order chi connectivity index (χ0) is 12.8. The number of nitriles is 1. The molecule has 3 N–H and O–H groups in total. The molecular weight excluding hydrogens is 258 g/mol. The quantitative estimate of drug-likeness (QED) is 0.890. The Morgan fingerprint density at radius 2 is 1.89 bits per heavy atom. The van der Waals surface area contributed by atoms with Gasteiger partial charge >= 0.3 is 0 Å². The molecule has 0 amide bonds. The monoisotopic (exact) mass is 279 g/mol. The molecule has 0 unspecified atom stereocenters. The second kappa shape index (κ2) is 8.16. The van der Waals surface area contributed by atoms with Crippen LogP contribution in [-0.4, -0.2) is 19.1 Å². The van der Waals surface area contributed by atoms with Gasteiger partial charge in [-0.25, -0.2) is 0 Å². The van der Waals surface area contributed by atoms with Crippen molar-refractivity contribution in [1.29, 1.82) is 5.26 Å². The molecule has 0 radical (unpaired) electrons. The van der Waals surface area contributed by atoms with Crippen molar-refractivity contribution in [2.24, 2.45) is 5.73 Å². The summed E-state index contributed by atoms with van der Waals surface area (Å²) in [5.41, 5.74) is 7.58. The number of hydrogen-bond acceptors (Lipinski definition) is 3. The van der Waals surface area contributed by atoms with Gasteiger partial charge in [-0.1, -0.05) is 18.2 Å². The maximum absolute atomic E-state index is 9.14. The molecule has 1 aromatic carbocycles. The van der Waals surface area contributed by atoms with Gasteiger partial charge in [0.15, 0.2) is 0 Å². The summed E-state index contributed by atoms with van der Waals surface area (Å²) in [6.07, 6.45) is 4.71. The molecule has 104 valence electrons. The predicted molar refractivity (Wildman–Crippen MR) is 80.5 cm³/mol. The maximum atomic E-state index is 9.14. The fourth-order valence-electron chi connectivity index (χ4n) is 2.85. The third kappa shape index (κ3) is 4.21. The summed E-state index contributed by atoms with van der Waals surface area (Å²) in [6, 6.07) is 10.9. The topological polar surface area (TPSA) is 61.8 Å². The Morgan fingerprint density at radius 3 is 2.53 bits per heavy atom. The van der Waals surface area contributed by atoms with Gasteiger partial charge in [-0.2, -0.15) is 5.26 Å². The van der Waals surface area contributed by atoms with Gasteiger partial charge in [0.2, 0.25) is 0 Å². The van der Waals surface area contributed by atoms with E-state index in [0.29, 0.717) is 18.5 Å². The van der Waals surface area contributed by atoms with Crippen LogP contribution in [0, 0.1) is 11.3 Å². The highest BCUT2D eigenvalue weighted by molar-refractivity contribution is 5.85. The van der Waals surface area contributed by atoms with Gasteiger partial charge in [-0.3, -0.25) is 0 Å². The normalized spacial score (nSPS) is 22.3. The molecule has 19 heavy (non-hydrogen) atoms. The lowest BCUT2D eigenvalue weighted by Crippen LogP contribution is -2.36. The minimum absolute atomic E-state index is 0.